The van der Waals surface area contributed by atoms with Crippen LogP contribution in [0.1, 0.15) is 12.6 Å². The molecule has 0 fully saturated rings. The molecule has 1 heterocycles. The SMILES string of the molecule is CC(=Nc1ccccc1SB(F)F)c1ccccn1. The van der Waals surface area contributed by atoms with Gasteiger partial charge < -0.3 is 0 Å². The van der Waals surface area contributed by atoms with Crippen molar-refractivity contribution in [2.45, 2.75) is 11.8 Å². The van der Waals surface area contributed by atoms with E-state index in [2.05, 4.69) is 9.98 Å². The maximum atomic E-state index is 12.5. The number of benzene rings is 1. The van der Waals surface area contributed by atoms with Crippen LogP contribution in [0.2, 0.25) is 0 Å². The highest BCUT2D eigenvalue weighted by Gasteiger charge is 2.16. The third-order valence-corrected chi connectivity index (χ3v) is 3.18. The molecule has 0 spiro atoms. The molecule has 2 rings (SSSR count). The number of nitrogens with zero attached hydrogens (tertiary/aromatic N) is 2. The smallest absolute Gasteiger partial charge is 0.274 e. The van der Waals surface area contributed by atoms with Gasteiger partial charge in [0.15, 0.2) is 0 Å². The van der Waals surface area contributed by atoms with Gasteiger partial charge in [0.05, 0.1) is 17.1 Å². The molecule has 0 saturated carbocycles. The molecule has 0 aliphatic heterocycles. The molecular formula is C13H11BF2N2S. The Hall–Kier alpha value is -1.69. The van der Waals surface area contributed by atoms with Crippen LogP contribution < -0.4 is 0 Å². The molecule has 0 amide bonds. The van der Waals surface area contributed by atoms with E-state index in [4.69, 9.17) is 0 Å². The van der Waals surface area contributed by atoms with Crippen LogP contribution in [0.25, 0.3) is 0 Å². The highest BCUT2D eigenvalue weighted by atomic mass is 32.2. The Morgan fingerprint density at radius 3 is 2.58 bits per heavy atom. The second-order valence-corrected chi connectivity index (χ2v) is 4.79. The van der Waals surface area contributed by atoms with Crippen molar-refractivity contribution in [3.05, 3.63) is 54.4 Å². The molecule has 2 nitrogen and oxygen atoms in total. The van der Waals surface area contributed by atoms with Crippen molar-refractivity contribution >= 4 is 29.6 Å². The van der Waals surface area contributed by atoms with Gasteiger partial charge in [0.1, 0.15) is 0 Å². The molecule has 1 aromatic heterocycles. The molecule has 19 heavy (non-hydrogen) atoms. The summed E-state index contributed by atoms with van der Waals surface area (Å²) < 4.78 is 24.9. The van der Waals surface area contributed by atoms with Crippen molar-refractivity contribution in [2.24, 2.45) is 4.99 Å². The quantitative estimate of drug-likeness (QED) is 0.616. The lowest BCUT2D eigenvalue weighted by Gasteiger charge is -2.05. The van der Waals surface area contributed by atoms with Crippen molar-refractivity contribution in [1.29, 1.82) is 0 Å². The maximum absolute atomic E-state index is 12.5. The Bertz CT molecular complexity index is 576. The van der Waals surface area contributed by atoms with Crippen molar-refractivity contribution in [1.82, 2.24) is 4.98 Å². The van der Waals surface area contributed by atoms with Gasteiger partial charge in [0.2, 0.25) is 0 Å². The average Bonchev–Trinajstić information content (AvgIpc) is 2.41. The van der Waals surface area contributed by atoms with Crippen molar-refractivity contribution < 1.29 is 8.63 Å². The van der Waals surface area contributed by atoms with E-state index < -0.39 is 6.55 Å². The predicted octanol–water partition coefficient (Wildman–Crippen LogP) is 4.24. The maximum Gasteiger partial charge on any atom is 0.614 e. The zero-order valence-corrected chi connectivity index (χ0v) is 11.1. The van der Waals surface area contributed by atoms with Gasteiger partial charge in [-0.2, -0.15) is 0 Å². The normalized spacial score (nSPS) is 11.4. The van der Waals surface area contributed by atoms with Gasteiger partial charge in [-0.15, -0.1) is 0 Å². The van der Waals surface area contributed by atoms with Crippen LogP contribution in [0.5, 0.6) is 0 Å². The lowest BCUT2D eigenvalue weighted by molar-refractivity contribution is 0.700. The molecule has 0 radical (unpaired) electrons. The average molecular weight is 276 g/mol. The third kappa shape index (κ3) is 3.89. The first-order valence-corrected chi connectivity index (χ1v) is 6.55. The molecule has 0 N–H and O–H groups in total. The van der Waals surface area contributed by atoms with Crippen LogP contribution in [0, 0.1) is 0 Å². The molecule has 0 aliphatic rings. The molecule has 96 valence electrons. The summed E-state index contributed by atoms with van der Waals surface area (Å²) in [5, 5.41) is 0. The first-order valence-electron chi connectivity index (χ1n) is 5.67. The molecule has 0 bridgehead atoms. The Balaban J connectivity index is 2.32. The Morgan fingerprint density at radius 1 is 1.16 bits per heavy atom. The van der Waals surface area contributed by atoms with Crippen LogP contribution in [0.4, 0.5) is 14.3 Å². The van der Waals surface area contributed by atoms with Gasteiger partial charge >= 0.3 is 6.55 Å². The number of pyridine rings is 1. The lowest BCUT2D eigenvalue weighted by Crippen LogP contribution is -1.97. The van der Waals surface area contributed by atoms with Crippen LogP contribution in [-0.2, 0) is 0 Å². The highest BCUT2D eigenvalue weighted by Crippen LogP contribution is 2.32. The number of rotatable bonds is 4. The zero-order valence-electron chi connectivity index (χ0n) is 10.3. The summed E-state index contributed by atoms with van der Waals surface area (Å²) in [6, 6.07) is 12.4. The second-order valence-electron chi connectivity index (χ2n) is 3.76. The van der Waals surface area contributed by atoms with E-state index in [0.717, 1.165) is 5.69 Å². The minimum atomic E-state index is -2.45. The number of para-hydroxylation sites is 1. The monoisotopic (exact) mass is 276 g/mol. The summed E-state index contributed by atoms with van der Waals surface area (Å²) >= 11 is 0.501. The van der Waals surface area contributed by atoms with Gasteiger partial charge in [0, 0.05) is 11.1 Å². The van der Waals surface area contributed by atoms with Gasteiger partial charge in [0.25, 0.3) is 0 Å². The van der Waals surface area contributed by atoms with Crippen molar-refractivity contribution in [3.63, 3.8) is 0 Å². The van der Waals surface area contributed by atoms with Gasteiger partial charge in [-0.1, -0.05) is 29.8 Å². The Labute approximate surface area is 115 Å². The summed E-state index contributed by atoms with van der Waals surface area (Å²) in [5.41, 5.74) is 1.97. The predicted molar refractivity (Wildman–Crippen MR) is 76.4 cm³/mol. The molecule has 0 saturated heterocycles. The molecule has 1 aromatic carbocycles. The summed E-state index contributed by atoms with van der Waals surface area (Å²) in [4.78, 5) is 9.03. The van der Waals surface area contributed by atoms with E-state index in [1.165, 1.54) is 0 Å². The van der Waals surface area contributed by atoms with E-state index in [1.807, 2.05) is 25.1 Å². The number of hydrogen-bond donors (Lipinski definition) is 0. The van der Waals surface area contributed by atoms with E-state index in [0.29, 0.717) is 27.9 Å². The minimum Gasteiger partial charge on any atom is -0.274 e. The number of halogens is 2. The summed E-state index contributed by atoms with van der Waals surface area (Å²) in [6.07, 6.45) is 1.67. The Kier molecular flexibility index (Phi) is 4.68. The summed E-state index contributed by atoms with van der Waals surface area (Å²) in [7, 11) is 0. The van der Waals surface area contributed by atoms with Crippen LogP contribution >= 0.6 is 11.6 Å². The van der Waals surface area contributed by atoms with E-state index >= 15 is 0 Å². The van der Waals surface area contributed by atoms with Crippen molar-refractivity contribution in [3.8, 4) is 0 Å². The number of hydrogen-bond acceptors (Lipinski definition) is 3. The van der Waals surface area contributed by atoms with Crippen molar-refractivity contribution in [2.75, 3.05) is 0 Å². The lowest BCUT2D eigenvalue weighted by atomic mass is 10.2. The molecular weight excluding hydrogens is 265 g/mol. The molecule has 2 aromatic rings. The van der Waals surface area contributed by atoms with Crippen LogP contribution in [0.15, 0.2) is 58.5 Å². The summed E-state index contributed by atoms with van der Waals surface area (Å²) in [6.45, 7) is -0.641. The van der Waals surface area contributed by atoms with Gasteiger partial charge in [-0.25, -0.2) is 0 Å². The van der Waals surface area contributed by atoms with E-state index in [-0.39, 0.29) is 0 Å². The first-order chi connectivity index (χ1) is 9.16. The minimum absolute atomic E-state index is 0.466. The number of aromatic nitrogens is 1. The molecule has 0 aliphatic carbocycles. The fraction of sp³-hybridized carbons (Fsp3) is 0.0769. The van der Waals surface area contributed by atoms with E-state index in [1.54, 1.807) is 30.5 Å². The largest absolute Gasteiger partial charge is 0.614 e. The fourth-order valence-corrected chi connectivity index (χ4v) is 2.14. The topological polar surface area (TPSA) is 25.2 Å². The second kappa shape index (κ2) is 6.47. The first kappa shape index (κ1) is 13.7. The zero-order chi connectivity index (χ0) is 13.7. The fourth-order valence-electron chi connectivity index (χ4n) is 1.56. The third-order valence-electron chi connectivity index (χ3n) is 2.41. The van der Waals surface area contributed by atoms with Crippen LogP contribution in [0.3, 0.4) is 0 Å². The van der Waals surface area contributed by atoms with E-state index in [9.17, 15) is 8.63 Å². The molecule has 0 unspecified atom stereocenters. The Morgan fingerprint density at radius 2 is 1.89 bits per heavy atom. The molecule has 0 atom stereocenters. The van der Waals surface area contributed by atoms with Gasteiger partial charge in [-0.05, 0) is 31.2 Å². The number of aliphatic imine (C=N–C) groups is 1. The molecule has 6 heteroatoms. The highest BCUT2D eigenvalue weighted by molar-refractivity contribution is 8.24. The standard InChI is InChI=1S/C13H11BF2N2S/c1-10(11-6-4-5-9-17-11)18-12-7-2-3-8-13(12)19-14(15)16/h2-9H,1H3. The van der Waals surface area contributed by atoms with Gasteiger partial charge in [-0.3, -0.25) is 18.6 Å². The van der Waals surface area contributed by atoms with Crippen LogP contribution in [-0.4, -0.2) is 17.2 Å². The summed E-state index contributed by atoms with van der Waals surface area (Å²) in [5.74, 6) is 0.